The third-order valence-electron chi connectivity index (χ3n) is 3.84. The third-order valence-corrected chi connectivity index (χ3v) is 3.84. The molecular formula is C18H24N4O4. The van der Waals surface area contributed by atoms with Gasteiger partial charge in [-0.3, -0.25) is 10.1 Å². The van der Waals surface area contributed by atoms with Gasteiger partial charge < -0.3 is 25.4 Å². The van der Waals surface area contributed by atoms with E-state index < -0.39 is 0 Å². The lowest BCUT2D eigenvalue weighted by Gasteiger charge is -2.11. The molecule has 0 aliphatic rings. The van der Waals surface area contributed by atoms with Crippen LogP contribution in [0.15, 0.2) is 36.4 Å². The first-order chi connectivity index (χ1) is 12.6. The van der Waals surface area contributed by atoms with Crippen LogP contribution in [0.3, 0.4) is 0 Å². The summed E-state index contributed by atoms with van der Waals surface area (Å²) < 4.78 is 10.5. The molecule has 26 heavy (non-hydrogen) atoms. The number of hydrogen-bond acceptors (Lipinski definition) is 7. The second-order valence-corrected chi connectivity index (χ2v) is 5.56. The number of hydrogen-bond donors (Lipinski definition) is 3. The number of benzene rings is 2. The fourth-order valence-corrected chi connectivity index (χ4v) is 2.49. The minimum absolute atomic E-state index is 0.0772. The van der Waals surface area contributed by atoms with Crippen molar-refractivity contribution in [3.8, 4) is 11.5 Å². The number of nitro groups is 1. The highest BCUT2D eigenvalue weighted by molar-refractivity contribution is 5.62. The summed E-state index contributed by atoms with van der Waals surface area (Å²) in [6.45, 7) is 1.93. The van der Waals surface area contributed by atoms with Gasteiger partial charge in [-0.25, -0.2) is 0 Å². The predicted molar refractivity (Wildman–Crippen MR) is 102 cm³/mol. The second-order valence-electron chi connectivity index (χ2n) is 5.56. The second kappa shape index (κ2) is 9.47. The molecule has 140 valence electrons. The number of anilines is 2. The first kappa shape index (κ1) is 19.3. The third kappa shape index (κ3) is 5.25. The maximum absolute atomic E-state index is 11.1. The Morgan fingerprint density at radius 3 is 2.31 bits per heavy atom. The van der Waals surface area contributed by atoms with Gasteiger partial charge in [-0.1, -0.05) is 6.07 Å². The molecule has 0 spiro atoms. The van der Waals surface area contributed by atoms with Crippen molar-refractivity contribution in [1.29, 1.82) is 0 Å². The van der Waals surface area contributed by atoms with Gasteiger partial charge in [-0.15, -0.1) is 0 Å². The van der Waals surface area contributed by atoms with Crippen LogP contribution in [0.1, 0.15) is 5.56 Å². The minimum Gasteiger partial charge on any atom is -0.497 e. The Morgan fingerprint density at radius 1 is 1.04 bits per heavy atom. The van der Waals surface area contributed by atoms with E-state index in [0.29, 0.717) is 25.3 Å². The van der Waals surface area contributed by atoms with Gasteiger partial charge in [0.25, 0.3) is 5.69 Å². The zero-order valence-corrected chi connectivity index (χ0v) is 15.2. The van der Waals surface area contributed by atoms with E-state index in [9.17, 15) is 10.1 Å². The van der Waals surface area contributed by atoms with Crippen molar-refractivity contribution in [2.24, 2.45) is 0 Å². The Labute approximate surface area is 152 Å². The zero-order valence-electron chi connectivity index (χ0n) is 15.2. The topological polar surface area (TPSA) is 97.7 Å². The van der Waals surface area contributed by atoms with Crippen LogP contribution in [-0.4, -0.2) is 39.3 Å². The summed E-state index contributed by atoms with van der Waals surface area (Å²) in [5.74, 6) is 1.44. The Morgan fingerprint density at radius 2 is 1.73 bits per heavy atom. The number of nitrogens with zero attached hydrogens (tertiary/aromatic N) is 1. The molecular weight excluding hydrogens is 336 g/mol. The maximum Gasteiger partial charge on any atom is 0.292 e. The smallest absolute Gasteiger partial charge is 0.292 e. The van der Waals surface area contributed by atoms with Gasteiger partial charge in [0.2, 0.25) is 0 Å². The molecule has 2 aromatic rings. The van der Waals surface area contributed by atoms with Crippen molar-refractivity contribution in [3.63, 3.8) is 0 Å². The molecule has 2 rings (SSSR count). The van der Waals surface area contributed by atoms with Crippen LogP contribution in [0.25, 0.3) is 0 Å². The van der Waals surface area contributed by atoms with Gasteiger partial charge in [0.05, 0.1) is 19.1 Å². The van der Waals surface area contributed by atoms with Crippen LogP contribution >= 0.6 is 0 Å². The summed E-state index contributed by atoms with van der Waals surface area (Å²) in [6, 6.07) is 10.8. The monoisotopic (exact) mass is 360 g/mol. The molecule has 0 saturated carbocycles. The normalized spacial score (nSPS) is 10.3. The molecule has 0 aromatic heterocycles. The van der Waals surface area contributed by atoms with Gasteiger partial charge in [0.1, 0.15) is 17.2 Å². The van der Waals surface area contributed by atoms with Crippen molar-refractivity contribution in [2.75, 3.05) is 45.0 Å². The first-order valence-electron chi connectivity index (χ1n) is 8.20. The molecule has 0 heterocycles. The molecule has 8 heteroatoms. The van der Waals surface area contributed by atoms with Crippen molar-refractivity contribution in [1.82, 2.24) is 5.32 Å². The summed E-state index contributed by atoms with van der Waals surface area (Å²) >= 11 is 0. The van der Waals surface area contributed by atoms with Crippen LogP contribution in [0.4, 0.5) is 17.1 Å². The molecule has 0 unspecified atom stereocenters. The SMILES string of the molecule is CNc1ccc(CNCCNc2cc(OC)cc(OC)c2)cc1[N+](=O)[O-]. The first-order valence-corrected chi connectivity index (χ1v) is 8.20. The fourth-order valence-electron chi connectivity index (χ4n) is 2.49. The zero-order chi connectivity index (χ0) is 18.9. The number of rotatable bonds is 10. The highest BCUT2D eigenvalue weighted by Gasteiger charge is 2.13. The molecule has 0 atom stereocenters. The van der Waals surface area contributed by atoms with E-state index in [4.69, 9.17) is 9.47 Å². The quantitative estimate of drug-likeness (QED) is 0.340. The molecule has 3 N–H and O–H groups in total. The highest BCUT2D eigenvalue weighted by atomic mass is 16.6. The standard InChI is InChI=1S/C18H24N4O4/c1-19-17-5-4-13(8-18(17)22(23)24)12-20-6-7-21-14-9-15(25-2)11-16(10-14)26-3/h4-5,8-11,19-21H,6-7,12H2,1-3H3. The van der Waals surface area contributed by atoms with Crippen LogP contribution in [0.5, 0.6) is 11.5 Å². The van der Waals surface area contributed by atoms with Crippen molar-refractivity contribution in [3.05, 3.63) is 52.1 Å². The van der Waals surface area contributed by atoms with Gasteiger partial charge in [0.15, 0.2) is 0 Å². The lowest BCUT2D eigenvalue weighted by atomic mass is 10.1. The molecule has 0 aliphatic carbocycles. The van der Waals surface area contributed by atoms with E-state index in [1.165, 1.54) is 0 Å². The van der Waals surface area contributed by atoms with E-state index in [0.717, 1.165) is 22.7 Å². The lowest BCUT2D eigenvalue weighted by Crippen LogP contribution is -2.21. The maximum atomic E-state index is 11.1. The predicted octanol–water partition coefficient (Wildman–Crippen LogP) is 2.86. The molecule has 0 aliphatic heterocycles. The molecule has 0 saturated heterocycles. The van der Waals surface area contributed by atoms with Gasteiger partial charge >= 0.3 is 0 Å². The number of methoxy groups -OCH3 is 2. The molecule has 8 nitrogen and oxygen atoms in total. The average molecular weight is 360 g/mol. The molecule has 0 radical (unpaired) electrons. The summed E-state index contributed by atoms with van der Waals surface area (Å²) in [5, 5.41) is 20.5. The van der Waals surface area contributed by atoms with Crippen LogP contribution in [0, 0.1) is 10.1 Å². The average Bonchev–Trinajstić information content (AvgIpc) is 2.67. The molecule has 0 fully saturated rings. The Kier molecular flexibility index (Phi) is 7.04. The van der Waals surface area contributed by atoms with Crippen LogP contribution in [0.2, 0.25) is 0 Å². The molecule has 2 aromatic carbocycles. The largest absolute Gasteiger partial charge is 0.497 e. The summed E-state index contributed by atoms with van der Waals surface area (Å²) in [4.78, 5) is 10.7. The Bertz CT molecular complexity index is 730. The van der Waals surface area contributed by atoms with Crippen LogP contribution in [-0.2, 0) is 6.54 Å². The van der Waals surface area contributed by atoms with Gasteiger partial charge in [0, 0.05) is 56.6 Å². The Balaban J connectivity index is 1.84. The minimum atomic E-state index is -0.382. The number of nitrogens with one attached hydrogen (secondary N) is 3. The van der Waals surface area contributed by atoms with Crippen molar-refractivity contribution in [2.45, 2.75) is 6.54 Å². The van der Waals surface area contributed by atoms with Crippen LogP contribution < -0.4 is 25.4 Å². The molecule has 0 bridgehead atoms. The Hall–Kier alpha value is -3.00. The molecule has 0 amide bonds. The number of ether oxygens (including phenoxy) is 2. The van der Waals surface area contributed by atoms with E-state index in [1.807, 2.05) is 24.3 Å². The summed E-state index contributed by atoms with van der Waals surface area (Å²) in [5.41, 5.74) is 2.34. The van der Waals surface area contributed by atoms with Crippen molar-refractivity contribution < 1.29 is 14.4 Å². The summed E-state index contributed by atoms with van der Waals surface area (Å²) in [6.07, 6.45) is 0. The van der Waals surface area contributed by atoms with E-state index in [2.05, 4.69) is 16.0 Å². The highest BCUT2D eigenvalue weighted by Crippen LogP contribution is 2.26. The number of nitro benzene ring substituents is 1. The fraction of sp³-hybridized carbons (Fsp3) is 0.333. The van der Waals surface area contributed by atoms with Gasteiger partial charge in [-0.2, -0.15) is 0 Å². The van der Waals surface area contributed by atoms with E-state index in [1.54, 1.807) is 33.4 Å². The van der Waals surface area contributed by atoms with E-state index in [-0.39, 0.29) is 10.6 Å². The summed E-state index contributed by atoms with van der Waals surface area (Å²) in [7, 11) is 4.89. The van der Waals surface area contributed by atoms with Gasteiger partial charge in [-0.05, 0) is 11.6 Å². The van der Waals surface area contributed by atoms with E-state index >= 15 is 0 Å². The van der Waals surface area contributed by atoms with Crippen molar-refractivity contribution >= 4 is 17.1 Å². The lowest BCUT2D eigenvalue weighted by molar-refractivity contribution is -0.384.